The molecule has 130 valence electrons. The van der Waals surface area contributed by atoms with Gasteiger partial charge in [-0.25, -0.2) is 0 Å². The first-order valence-corrected chi connectivity index (χ1v) is 9.29. The zero-order valence-corrected chi connectivity index (χ0v) is 15.1. The fourth-order valence-corrected chi connectivity index (χ4v) is 4.58. The van der Waals surface area contributed by atoms with Gasteiger partial charge in [-0.05, 0) is 35.7 Å². The lowest BCUT2D eigenvalue weighted by atomic mass is 9.85. The maximum Gasteiger partial charge on any atom is 0.266 e. The highest BCUT2D eigenvalue weighted by Crippen LogP contribution is 2.45. The van der Waals surface area contributed by atoms with Gasteiger partial charge in [0.05, 0.1) is 9.88 Å². The van der Waals surface area contributed by atoms with Crippen LogP contribution in [0.5, 0.6) is 0 Å². The second-order valence-corrected chi connectivity index (χ2v) is 7.36. The molecule has 2 aromatic carbocycles. The Morgan fingerprint density at radius 2 is 1.73 bits per heavy atom. The molecule has 1 atom stereocenters. The van der Waals surface area contributed by atoms with Crippen LogP contribution in [0.1, 0.15) is 38.7 Å². The highest BCUT2D eigenvalue weighted by molar-refractivity contribution is 7.18. The van der Waals surface area contributed by atoms with Crippen LogP contribution < -0.4 is 10.6 Å². The van der Waals surface area contributed by atoms with Crippen molar-refractivity contribution < 1.29 is 9.59 Å². The van der Waals surface area contributed by atoms with E-state index >= 15 is 0 Å². The molecular weight excluding hydrogens is 344 g/mol. The van der Waals surface area contributed by atoms with Crippen molar-refractivity contribution in [1.82, 2.24) is 0 Å². The summed E-state index contributed by atoms with van der Waals surface area (Å²) in [5.74, 6) is -0.175. The molecule has 1 aliphatic rings. The number of carbonyl (C=O) groups excluding carboxylic acids is 2. The van der Waals surface area contributed by atoms with Gasteiger partial charge >= 0.3 is 0 Å². The Hall–Kier alpha value is -2.92. The molecule has 3 aromatic rings. The van der Waals surface area contributed by atoms with Crippen molar-refractivity contribution in [2.45, 2.75) is 19.3 Å². The first-order valence-electron chi connectivity index (χ1n) is 8.48. The summed E-state index contributed by atoms with van der Waals surface area (Å²) in [5, 5.41) is 6.66. The number of hydrogen-bond donors (Lipinski definition) is 2. The van der Waals surface area contributed by atoms with Crippen LogP contribution >= 0.6 is 11.3 Å². The van der Waals surface area contributed by atoms with E-state index < -0.39 is 0 Å². The number of amides is 2. The number of thiophene rings is 1. The summed E-state index contributed by atoms with van der Waals surface area (Å²) in [6.07, 6.45) is 0.397. The molecular formula is C21H18N2O2S. The highest BCUT2D eigenvalue weighted by Gasteiger charge is 2.32. The quantitative estimate of drug-likeness (QED) is 0.704. The number of benzene rings is 2. The van der Waals surface area contributed by atoms with Crippen molar-refractivity contribution in [1.29, 1.82) is 0 Å². The number of nitrogens with one attached hydrogen (secondary N) is 2. The zero-order valence-electron chi connectivity index (χ0n) is 14.3. The third-order valence-electron chi connectivity index (χ3n) is 4.62. The minimum absolute atomic E-state index is 0.0115. The molecule has 4 rings (SSSR count). The van der Waals surface area contributed by atoms with Crippen molar-refractivity contribution in [3.05, 3.63) is 82.2 Å². The Kier molecular flexibility index (Phi) is 4.31. The Morgan fingerprint density at radius 1 is 1.08 bits per heavy atom. The van der Waals surface area contributed by atoms with Crippen LogP contribution in [0.3, 0.4) is 0 Å². The molecule has 0 aliphatic carbocycles. The summed E-state index contributed by atoms with van der Waals surface area (Å²) in [6, 6.07) is 19.4. The molecule has 26 heavy (non-hydrogen) atoms. The molecule has 1 aromatic heterocycles. The maximum absolute atomic E-state index is 12.8. The van der Waals surface area contributed by atoms with Gasteiger partial charge in [0.15, 0.2) is 0 Å². The third-order valence-corrected chi connectivity index (χ3v) is 5.85. The van der Waals surface area contributed by atoms with Crippen LogP contribution in [-0.2, 0) is 4.79 Å². The summed E-state index contributed by atoms with van der Waals surface area (Å²) >= 11 is 1.35. The van der Waals surface area contributed by atoms with E-state index in [2.05, 4.69) is 10.6 Å². The molecule has 0 fully saturated rings. The summed E-state index contributed by atoms with van der Waals surface area (Å²) in [6.45, 7) is 1.96. The molecule has 2 N–H and O–H groups in total. The van der Waals surface area contributed by atoms with E-state index in [-0.39, 0.29) is 17.7 Å². The maximum atomic E-state index is 12.8. The standard InChI is InChI=1S/C21H18N2O2S/c1-13-18-16(14-8-4-2-5-9-14)12-17(24)23-21(18)26-19(13)20(25)22-15-10-6-3-7-11-15/h2-11,16H,12H2,1H3,(H,22,25)(H,23,24)/t16-/m1/s1. The van der Waals surface area contributed by atoms with Crippen molar-refractivity contribution in [3.8, 4) is 0 Å². The van der Waals surface area contributed by atoms with Crippen LogP contribution in [0.4, 0.5) is 10.7 Å². The summed E-state index contributed by atoms with van der Waals surface area (Å²) in [7, 11) is 0. The SMILES string of the molecule is Cc1c(C(=O)Nc2ccccc2)sc2c1[C@@H](c1ccccc1)CC(=O)N2. The fourth-order valence-electron chi connectivity index (χ4n) is 3.40. The van der Waals surface area contributed by atoms with E-state index in [0.29, 0.717) is 11.3 Å². The number of anilines is 2. The number of para-hydroxylation sites is 1. The minimum Gasteiger partial charge on any atom is -0.321 e. The molecule has 5 heteroatoms. The Balaban J connectivity index is 1.72. The molecule has 4 nitrogen and oxygen atoms in total. The van der Waals surface area contributed by atoms with Crippen molar-refractivity contribution in [2.75, 3.05) is 10.6 Å². The molecule has 2 amide bonds. The van der Waals surface area contributed by atoms with E-state index in [9.17, 15) is 9.59 Å². The molecule has 0 unspecified atom stereocenters. The fraction of sp³-hybridized carbons (Fsp3) is 0.143. The lowest BCUT2D eigenvalue weighted by Crippen LogP contribution is -2.22. The van der Waals surface area contributed by atoms with Gasteiger partial charge in [0.25, 0.3) is 5.91 Å². The van der Waals surface area contributed by atoms with Gasteiger partial charge in [-0.15, -0.1) is 11.3 Å². The smallest absolute Gasteiger partial charge is 0.266 e. The largest absolute Gasteiger partial charge is 0.321 e. The molecule has 0 bridgehead atoms. The van der Waals surface area contributed by atoms with Gasteiger partial charge in [-0.3, -0.25) is 9.59 Å². The van der Waals surface area contributed by atoms with Crippen LogP contribution in [0.15, 0.2) is 60.7 Å². The second-order valence-electron chi connectivity index (χ2n) is 6.33. The van der Waals surface area contributed by atoms with Crippen LogP contribution in [0.2, 0.25) is 0 Å². The zero-order chi connectivity index (χ0) is 18.1. The summed E-state index contributed by atoms with van der Waals surface area (Å²) < 4.78 is 0. The number of fused-ring (bicyclic) bond motifs is 1. The van der Waals surface area contributed by atoms with Gasteiger partial charge in [0, 0.05) is 18.0 Å². The van der Waals surface area contributed by atoms with Crippen molar-refractivity contribution >= 4 is 33.8 Å². The Morgan fingerprint density at radius 3 is 2.42 bits per heavy atom. The summed E-state index contributed by atoms with van der Waals surface area (Å²) in [4.78, 5) is 25.6. The number of rotatable bonds is 3. The molecule has 0 saturated carbocycles. The molecule has 0 spiro atoms. The third kappa shape index (κ3) is 3.02. The van der Waals surface area contributed by atoms with E-state index in [4.69, 9.17) is 0 Å². The van der Waals surface area contributed by atoms with Gasteiger partial charge in [-0.2, -0.15) is 0 Å². The van der Waals surface area contributed by atoms with Crippen molar-refractivity contribution in [2.24, 2.45) is 0 Å². The highest BCUT2D eigenvalue weighted by atomic mass is 32.1. The second kappa shape index (κ2) is 6.77. The van der Waals surface area contributed by atoms with Crippen LogP contribution in [-0.4, -0.2) is 11.8 Å². The van der Waals surface area contributed by atoms with Gasteiger partial charge in [-0.1, -0.05) is 48.5 Å². The van der Waals surface area contributed by atoms with Crippen LogP contribution in [0, 0.1) is 6.92 Å². The Bertz CT molecular complexity index is 964. The topological polar surface area (TPSA) is 58.2 Å². The van der Waals surface area contributed by atoms with Crippen molar-refractivity contribution in [3.63, 3.8) is 0 Å². The lowest BCUT2D eigenvalue weighted by molar-refractivity contribution is -0.116. The average Bonchev–Trinajstić information content (AvgIpc) is 2.99. The first kappa shape index (κ1) is 16.5. The van der Waals surface area contributed by atoms with Gasteiger partial charge in [0.2, 0.25) is 5.91 Å². The monoisotopic (exact) mass is 362 g/mol. The molecule has 0 saturated heterocycles. The average molecular weight is 362 g/mol. The predicted octanol–water partition coefficient (Wildman–Crippen LogP) is 4.78. The summed E-state index contributed by atoms with van der Waals surface area (Å²) in [5.41, 5.74) is 3.85. The lowest BCUT2D eigenvalue weighted by Gasteiger charge is -2.24. The molecule has 0 radical (unpaired) electrons. The van der Waals surface area contributed by atoms with Gasteiger partial charge < -0.3 is 10.6 Å². The minimum atomic E-state index is -0.144. The van der Waals surface area contributed by atoms with Gasteiger partial charge in [0.1, 0.15) is 0 Å². The first-order chi connectivity index (χ1) is 12.6. The molecule has 1 aliphatic heterocycles. The van der Waals surface area contributed by atoms with E-state index in [1.165, 1.54) is 11.3 Å². The Labute approximate surface area is 155 Å². The predicted molar refractivity (Wildman–Crippen MR) is 105 cm³/mol. The van der Waals surface area contributed by atoms with Crippen LogP contribution in [0.25, 0.3) is 0 Å². The normalized spacial score (nSPS) is 15.9. The number of hydrogen-bond acceptors (Lipinski definition) is 3. The van der Waals surface area contributed by atoms with E-state index in [0.717, 1.165) is 27.4 Å². The molecule has 2 heterocycles. The van der Waals surface area contributed by atoms with E-state index in [1.807, 2.05) is 67.6 Å². The van der Waals surface area contributed by atoms with E-state index in [1.54, 1.807) is 0 Å². The number of carbonyl (C=O) groups is 2.